The molecule has 0 heterocycles. The first-order chi connectivity index (χ1) is 21.7. The molecular formula is C30H62O14Si. The van der Waals surface area contributed by atoms with E-state index in [1.54, 1.807) is 0 Å². The van der Waals surface area contributed by atoms with Gasteiger partial charge in [-0.25, -0.2) is 4.79 Å². The molecule has 270 valence electrons. The minimum atomic E-state index is -1.70. The van der Waals surface area contributed by atoms with Gasteiger partial charge in [-0.2, -0.15) is 0 Å². The Bertz CT molecular complexity index is 636. The van der Waals surface area contributed by atoms with Crippen molar-refractivity contribution in [1.29, 1.82) is 0 Å². The third kappa shape index (κ3) is 32.9. The second kappa shape index (κ2) is 31.8. The lowest BCUT2D eigenvalue weighted by Crippen LogP contribution is -2.41. The lowest BCUT2D eigenvalue weighted by atomic mass is 10.2. The summed E-state index contributed by atoms with van der Waals surface area (Å²) in [5.41, 5.74) is 0. The van der Waals surface area contributed by atoms with Crippen molar-refractivity contribution < 1.29 is 66.4 Å². The minimum absolute atomic E-state index is 0.213. The van der Waals surface area contributed by atoms with Gasteiger partial charge in [-0.15, -0.1) is 0 Å². The van der Waals surface area contributed by atoms with Gasteiger partial charge in [-0.05, 0) is 18.1 Å². The monoisotopic (exact) mass is 674 g/mol. The molecule has 0 aromatic rings. The molecular weight excluding hydrogens is 612 g/mol. The fraction of sp³-hybridized carbons (Fsp3) is 0.967. The van der Waals surface area contributed by atoms with E-state index in [2.05, 4.69) is 33.9 Å². The summed E-state index contributed by atoms with van der Waals surface area (Å²) < 4.78 is 65.4. The average Bonchev–Trinajstić information content (AvgIpc) is 2.98. The first-order valence-corrected chi connectivity index (χ1v) is 18.8. The zero-order valence-electron chi connectivity index (χ0n) is 28.5. The topological polar surface area (TPSA) is 148 Å². The highest BCUT2D eigenvalue weighted by molar-refractivity contribution is 6.74. The van der Waals surface area contributed by atoms with Crippen LogP contribution in [0.3, 0.4) is 0 Å². The zero-order valence-corrected chi connectivity index (χ0v) is 29.5. The van der Waals surface area contributed by atoms with Crippen LogP contribution >= 0.6 is 0 Å². The Morgan fingerprint density at radius 1 is 0.422 bits per heavy atom. The van der Waals surface area contributed by atoms with Crippen LogP contribution in [0.25, 0.3) is 0 Å². The van der Waals surface area contributed by atoms with E-state index in [1.807, 2.05) is 0 Å². The van der Waals surface area contributed by atoms with E-state index in [9.17, 15) is 4.79 Å². The van der Waals surface area contributed by atoms with Crippen molar-refractivity contribution in [3.8, 4) is 0 Å². The summed E-state index contributed by atoms with van der Waals surface area (Å²) in [6, 6.07) is 0. The van der Waals surface area contributed by atoms with Gasteiger partial charge in [-0.1, -0.05) is 20.8 Å². The van der Waals surface area contributed by atoms with Gasteiger partial charge in [0.05, 0.1) is 145 Å². The first-order valence-electron chi connectivity index (χ1n) is 15.9. The van der Waals surface area contributed by atoms with E-state index >= 15 is 0 Å². The molecule has 0 saturated carbocycles. The number of aliphatic carboxylic acids is 1. The van der Waals surface area contributed by atoms with Crippen LogP contribution in [0.4, 0.5) is 0 Å². The lowest BCUT2D eigenvalue weighted by molar-refractivity contribution is -0.142. The molecule has 0 aliphatic heterocycles. The maximum Gasteiger partial charge on any atom is 0.329 e. The highest BCUT2D eigenvalue weighted by Crippen LogP contribution is 2.36. The number of carboxylic acids is 1. The molecule has 0 atom stereocenters. The first kappa shape index (κ1) is 44.2. The molecule has 0 spiro atoms. The summed E-state index contributed by atoms with van der Waals surface area (Å²) in [6.07, 6.45) is 0. The second-order valence-corrected chi connectivity index (χ2v) is 16.0. The molecule has 0 fully saturated rings. The Morgan fingerprint density at radius 2 is 0.622 bits per heavy atom. The molecule has 0 amide bonds. The number of hydrogen-bond acceptors (Lipinski definition) is 13. The van der Waals surface area contributed by atoms with Crippen molar-refractivity contribution in [2.24, 2.45) is 0 Å². The number of rotatable bonds is 36. The van der Waals surface area contributed by atoms with E-state index in [0.29, 0.717) is 139 Å². The van der Waals surface area contributed by atoms with Crippen molar-refractivity contribution in [1.82, 2.24) is 0 Å². The van der Waals surface area contributed by atoms with Crippen molar-refractivity contribution in [2.45, 2.75) is 38.9 Å². The lowest BCUT2D eigenvalue weighted by Gasteiger charge is -2.36. The van der Waals surface area contributed by atoms with Crippen molar-refractivity contribution in [3.05, 3.63) is 0 Å². The van der Waals surface area contributed by atoms with E-state index in [0.717, 1.165) is 0 Å². The molecule has 0 unspecified atom stereocenters. The molecule has 0 radical (unpaired) electrons. The third-order valence-corrected chi connectivity index (χ3v) is 11.0. The van der Waals surface area contributed by atoms with Gasteiger partial charge < -0.3 is 61.6 Å². The standard InChI is InChI=1S/C30H62O14Si/c1-30(2,3)45(4,5)44-27-26-42-23-22-40-19-18-38-15-14-36-11-10-34-7-6-33-8-9-35-12-13-37-16-17-39-20-21-41-24-25-43-28-29(31)32/h6-28H2,1-5H3,(H,31,32). The highest BCUT2D eigenvalue weighted by atomic mass is 28.4. The van der Waals surface area contributed by atoms with E-state index in [-0.39, 0.29) is 18.3 Å². The van der Waals surface area contributed by atoms with Gasteiger partial charge >= 0.3 is 5.97 Å². The van der Waals surface area contributed by atoms with Crippen LogP contribution in [0.5, 0.6) is 0 Å². The maximum absolute atomic E-state index is 10.3. The molecule has 0 aromatic carbocycles. The van der Waals surface area contributed by atoms with Gasteiger partial charge in [0.1, 0.15) is 6.61 Å². The molecule has 15 heteroatoms. The van der Waals surface area contributed by atoms with Gasteiger partial charge in [0.25, 0.3) is 0 Å². The largest absolute Gasteiger partial charge is 0.480 e. The van der Waals surface area contributed by atoms with Crippen LogP contribution < -0.4 is 0 Å². The molecule has 1 N–H and O–H groups in total. The molecule has 45 heavy (non-hydrogen) atoms. The number of ether oxygens (including phenoxy) is 11. The van der Waals surface area contributed by atoms with Crippen molar-refractivity contribution in [2.75, 3.05) is 152 Å². The molecule has 0 rings (SSSR count). The average molecular weight is 675 g/mol. The van der Waals surface area contributed by atoms with Gasteiger partial charge in [0, 0.05) is 0 Å². The fourth-order valence-corrected chi connectivity index (χ4v) is 3.96. The van der Waals surface area contributed by atoms with Crippen LogP contribution in [-0.2, 0) is 61.3 Å². The van der Waals surface area contributed by atoms with E-state index < -0.39 is 14.3 Å². The predicted octanol–water partition coefficient (Wildman–Crippen LogP) is 2.28. The summed E-state index contributed by atoms with van der Waals surface area (Å²) in [5.74, 6) is -0.995. The zero-order chi connectivity index (χ0) is 33.3. The quantitative estimate of drug-likeness (QED) is 0.0765. The molecule has 14 nitrogen and oxygen atoms in total. The van der Waals surface area contributed by atoms with E-state index in [1.165, 1.54) is 0 Å². The molecule has 0 aliphatic carbocycles. The predicted molar refractivity (Wildman–Crippen MR) is 170 cm³/mol. The normalized spacial score (nSPS) is 12.3. The summed E-state index contributed by atoms with van der Waals surface area (Å²) in [7, 11) is -1.70. The fourth-order valence-electron chi connectivity index (χ4n) is 2.93. The Labute approximate surface area is 271 Å². The van der Waals surface area contributed by atoms with Crippen LogP contribution in [0.15, 0.2) is 0 Å². The maximum atomic E-state index is 10.3. The number of hydrogen-bond donors (Lipinski definition) is 1. The van der Waals surface area contributed by atoms with Gasteiger partial charge in [0.2, 0.25) is 0 Å². The Balaban J connectivity index is 3.12. The van der Waals surface area contributed by atoms with Gasteiger partial charge in [-0.3, -0.25) is 0 Å². The molecule has 0 saturated heterocycles. The summed E-state index contributed by atoms with van der Waals surface area (Å²) in [6.45, 7) is 21.5. The Hall–Kier alpha value is -0.793. The SMILES string of the molecule is CC(C)(C)[Si](C)(C)OCCOCCOCCOCCOCCOCCOCCOCCOCCOCCOCCOCC(=O)O. The minimum Gasteiger partial charge on any atom is -0.480 e. The molecule has 0 aromatic heterocycles. The smallest absolute Gasteiger partial charge is 0.329 e. The summed E-state index contributed by atoms with van der Waals surface area (Å²) in [4.78, 5) is 10.3. The van der Waals surface area contributed by atoms with Crippen LogP contribution in [0, 0.1) is 0 Å². The van der Waals surface area contributed by atoms with Gasteiger partial charge in [0.15, 0.2) is 8.32 Å². The Morgan fingerprint density at radius 3 is 0.822 bits per heavy atom. The second-order valence-electron chi connectivity index (χ2n) is 11.2. The summed E-state index contributed by atoms with van der Waals surface area (Å²) in [5, 5.41) is 8.64. The van der Waals surface area contributed by atoms with Crippen LogP contribution in [-0.4, -0.2) is 171 Å². The van der Waals surface area contributed by atoms with Crippen molar-refractivity contribution >= 4 is 14.3 Å². The number of carbonyl (C=O) groups is 1. The van der Waals surface area contributed by atoms with E-state index in [4.69, 9.17) is 61.6 Å². The van der Waals surface area contributed by atoms with Crippen LogP contribution in [0.2, 0.25) is 18.1 Å². The molecule has 0 bridgehead atoms. The molecule has 0 aliphatic rings. The van der Waals surface area contributed by atoms with Crippen LogP contribution in [0.1, 0.15) is 20.8 Å². The Kier molecular flexibility index (Phi) is 31.2. The number of carboxylic acid groups (broad SMARTS) is 1. The third-order valence-electron chi connectivity index (χ3n) is 6.44. The summed E-state index contributed by atoms with van der Waals surface area (Å²) >= 11 is 0. The van der Waals surface area contributed by atoms with Crippen molar-refractivity contribution in [3.63, 3.8) is 0 Å². The highest BCUT2D eigenvalue weighted by Gasteiger charge is 2.36.